The molecule has 0 aliphatic heterocycles. The van der Waals surface area contributed by atoms with Gasteiger partial charge < -0.3 is 5.11 Å². The van der Waals surface area contributed by atoms with Gasteiger partial charge in [-0.15, -0.1) is 0 Å². The topological polar surface area (TPSA) is 33.1 Å². The molecule has 2 nitrogen and oxygen atoms in total. The molecular weight excluding hydrogens is 269 g/mol. The van der Waals surface area contributed by atoms with Crippen molar-refractivity contribution in [3.63, 3.8) is 0 Å². The van der Waals surface area contributed by atoms with Gasteiger partial charge in [-0.25, -0.2) is 0 Å². The highest BCUT2D eigenvalue weighted by Gasteiger charge is 2.14. The fourth-order valence-corrected chi connectivity index (χ4v) is 2.25. The molecule has 4 heteroatoms. The molecule has 1 unspecified atom stereocenters. The third-order valence-electron chi connectivity index (χ3n) is 2.73. The third kappa shape index (κ3) is 3.02. The molecule has 1 aromatic carbocycles. The summed E-state index contributed by atoms with van der Waals surface area (Å²) < 4.78 is 0. The van der Waals surface area contributed by atoms with Crippen LogP contribution in [0.3, 0.4) is 0 Å². The van der Waals surface area contributed by atoms with E-state index in [1.165, 1.54) is 0 Å². The Bertz CT molecular complexity index is 520. The summed E-state index contributed by atoms with van der Waals surface area (Å²) in [4.78, 5) is 4.20. The smallest absolute Gasteiger partial charge is 0.100 e. The second kappa shape index (κ2) is 5.70. The molecule has 0 spiro atoms. The van der Waals surface area contributed by atoms with Crippen LogP contribution in [0, 0.1) is 6.92 Å². The van der Waals surface area contributed by atoms with E-state index in [9.17, 15) is 5.11 Å². The van der Waals surface area contributed by atoms with E-state index < -0.39 is 6.10 Å². The number of rotatable bonds is 3. The Morgan fingerprint density at radius 1 is 1.17 bits per heavy atom. The fourth-order valence-electron chi connectivity index (χ4n) is 1.70. The lowest BCUT2D eigenvalue weighted by Gasteiger charge is -2.12. The highest BCUT2D eigenvalue weighted by Crippen LogP contribution is 2.28. The van der Waals surface area contributed by atoms with Gasteiger partial charge in [-0.1, -0.05) is 35.3 Å². The quantitative estimate of drug-likeness (QED) is 0.923. The Morgan fingerprint density at radius 3 is 2.39 bits per heavy atom. The first-order valence-electron chi connectivity index (χ1n) is 5.61. The molecule has 1 N–H and O–H groups in total. The number of hydrogen-bond donors (Lipinski definition) is 1. The number of aryl methyl sites for hydroxylation is 1. The molecule has 0 saturated heterocycles. The number of hydrogen-bond acceptors (Lipinski definition) is 2. The summed E-state index contributed by atoms with van der Waals surface area (Å²) in [5, 5.41) is 11.3. The van der Waals surface area contributed by atoms with Gasteiger partial charge in [0.2, 0.25) is 0 Å². The first kappa shape index (κ1) is 13.3. The maximum absolute atomic E-state index is 10.1. The van der Waals surface area contributed by atoms with E-state index in [2.05, 4.69) is 4.98 Å². The molecule has 1 heterocycles. The van der Waals surface area contributed by atoms with Crippen LogP contribution in [-0.2, 0) is 6.42 Å². The average molecular weight is 282 g/mol. The number of pyridine rings is 1. The van der Waals surface area contributed by atoms with E-state index in [1.807, 2.05) is 19.1 Å². The molecule has 0 bridgehead atoms. The van der Waals surface area contributed by atoms with Crippen LogP contribution in [0.5, 0.6) is 0 Å². The zero-order valence-corrected chi connectivity index (χ0v) is 11.4. The maximum atomic E-state index is 10.1. The monoisotopic (exact) mass is 281 g/mol. The SMILES string of the molecule is Cc1ccc(C(O)Cc2c(Cl)cccc2Cl)nc1. The van der Waals surface area contributed by atoms with Gasteiger partial charge in [0, 0.05) is 22.7 Å². The highest BCUT2D eigenvalue weighted by atomic mass is 35.5. The predicted molar refractivity (Wildman–Crippen MR) is 74.1 cm³/mol. The minimum atomic E-state index is -0.706. The summed E-state index contributed by atoms with van der Waals surface area (Å²) in [6, 6.07) is 9.03. The summed E-state index contributed by atoms with van der Waals surface area (Å²) in [6.45, 7) is 1.95. The highest BCUT2D eigenvalue weighted by molar-refractivity contribution is 6.35. The van der Waals surface area contributed by atoms with Gasteiger partial charge in [-0.3, -0.25) is 4.98 Å². The van der Waals surface area contributed by atoms with Gasteiger partial charge in [0.05, 0.1) is 5.69 Å². The van der Waals surface area contributed by atoms with Crippen LogP contribution in [0.15, 0.2) is 36.5 Å². The molecule has 2 rings (SSSR count). The van der Waals surface area contributed by atoms with E-state index in [4.69, 9.17) is 23.2 Å². The minimum Gasteiger partial charge on any atom is -0.386 e. The van der Waals surface area contributed by atoms with Crippen LogP contribution in [0.1, 0.15) is 22.9 Å². The van der Waals surface area contributed by atoms with Crippen LogP contribution in [-0.4, -0.2) is 10.1 Å². The van der Waals surface area contributed by atoms with E-state index in [0.717, 1.165) is 11.1 Å². The number of halogens is 2. The Kier molecular flexibility index (Phi) is 4.23. The van der Waals surface area contributed by atoms with Crippen molar-refractivity contribution in [2.45, 2.75) is 19.4 Å². The summed E-state index contributed by atoms with van der Waals surface area (Å²) in [5.41, 5.74) is 2.43. The van der Waals surface area contributed by atoms with Crippen molar-refractivity contribution in [3.05, 3.63) is 63.4 Å². The van der Waals surface area contributed by atoms with Crippen LogP contribution >= 0.6 is 23.2 Å². The summed E-state index contributed by atoms with van der Waals surface area (Å²) in [5.74, 6) is 0. The molecule has 0 radical (unpaired) electrons. The van der Waals surface area contributed by atoms with Crippen molar-refractivity contribution >= 4 is 23.2 Å². The molecule has 2 aromatic rings. The normalized spacial score (nSPS) is 12.4. The minimum absolute atomic E-state index is 0.356. The van der Waals surface area contributed by atoms with Gasteiger partial charge in [-0.2, -0.15) is 0 Å². The van der Waals surface area contributed by atoms with Crippen LogP contribution in [0.4, 0.5) is 0 Å². The van der Waals surface area contributed by atoms with Gasteiger partial charge >= 0.3 is 0 Å². The van der Waals surface area contributed by atoms with Crippen molar-refractivity contribution in [1.82, 2.24) is 4.98 Å². The Hall–Kier alpha value is -1.09. The zero-order valence-electron chi connectivity index (χ0n) is 9.90. The molecule has 0 aliphatic carbocycles. The molecule has 94 valence electrons. The van der Waals surface area contributed by atoms with E-state index >= 15 is 0 Å². The summed E-state index contributed by atoms with van der Waals surface area (Å²) in [6.07, 6.45) is 1.38. The van der Waals surface area contributed by atoms with E-state index in [0.29, 0.717) is 22.2 Å². The van der Waals surface area contributed by atoms with Gasteiger partial charge in [0.25, 0.3) is 0 Å². The van der Waals surface area contributed by atoms with E-state index in [1.54, 1.807) is 24.4 Å². The summed E-state index contributed by atoms with van der Waals surface area (Å²) in [7, 11) is 0. The van der Waals surface area contributed by atoms with Crippen LogP contribution in [0.2, 0.25) is 10.0 Å². The Balaban J connectivity index is 2.21. The lowest BCUT2D eigenvalue weighted by molar-refractivity contribution is 0.173. The predicted octanol–water partition coefficient (Wildman–Crippen LogP) is 3.97. The van der Waals surface area contributed by atoms with Gasteiger partial charge in [0.15, 0.2) is 0 Å². The number of aliphatic hydroxyl groups is 1. The lowest BCUT2D eigenvalue weighted by Crippen LogP contribution is -2.05. The Morgan fingerprint density at radius 2 is 1.83 bits per heavy atom. The molecule has 1 atom stereocenters. The van der Waals surface area contributed by atoms with Crippen molar-refractivity contribution in [2.24, 2.45) is 0 Å². The van der Waals surface area contributed by atoms with Crippen LogP contribution < -0.4 is 0 Å². The maximum Gasteiger partial charge on any atom is 0.100 e. The molecule has 0 amide bonds. The van der Waals surface area contributed by atoms with Crippen molar-refractivity contribution in [3.8, 4) is 0 Å². The van der Waals surface area contributed by atoms with Crippen LogP contribution in [0.25, 0.3) is 0 Å². The second-order valence-electron chi connectivity index (χ2n) is 4.18. The molecule has 0 aliphatic rings. The summed E-state index contributed by atoms with van der Waals surface area (Å²) >= 11 is 12.1. The third-order valence-corrected chi connectivity index (χ3v) is 3.44. The van der Waals surface area contributed by atoms with Gasteiger partial charge in [-0.05, 0) is 36.2 Å². The molecule has 0 fully saturated rings. The molecule has 18 heavy (non-hydrogen) atoms. The number of aromatic nitrogens is 1. The number of aliphatic hydroxyl groups excluding tert-OH is 1. The second-order valence-corrected chi connectivity index (χ2v) is 4.99. The Labute approximate surface area is 116 Å². The van der Waals surface area contributed by atoms with E-state index in [-0.39, 0.29) is 0 Å². The fraction of sp³-hybridized carbons (Fsp3) is 0.214. The van der Waals surface area contributed by atoms with Crippen molar-refractivity contribution in [2.75, 3.05) is 0 Å². The van der Waals surface area contributed by atoms with Gasteiger partial charge in [0.1, 0.15) is 6.10 Å². The molecule has 1 aromatic heterocycles. The molecule has 0 saturated carbocycles. The average Bonchev–Trinajstić information content (AvgIpc) is 2.34. The number of benzene rings is 1. The first-order valence-corrected chi connectivity index (χ1v) is 6.37. The number of nitrogens with zero attached hydrogens (tertiary/aromatic N) is 1. The lowest BCUT2D eigenvalue weighted by atomic mass is 10.0. The first-order chi connectivity index (χ1) is 8.58. The van der Waals surface area contributed by atoms with Crippen molar-refractivity contribution in [1.29, 1.82) is 0 Å². The largest absolute Gasteiger partial charge is 0.386 e. The standard InChI is InChI=1S/C14H13Cl2NO/c1-9-5-6-13(17-8-9)14(18)7-10-11(15)3-2-4-12(10)16/h2-6,8,14,18H,7H2,1H3. The zero-order chi connectivity index (χ0) is 13.1. The molecular formula is C14H13Cl2NO. The van der Waals surface area contributed by atoms with Crippen molar-refractivity contribution < 1.29 is 5.11 Å².